The number of ether oxygens (including phenoxy) is 3. The van der Waals surface area contributed by atoms with Gasteiger partial charge in [0.15, 0.2) is 11.5 Å². The van der Waals surface area contributed by atoms with E-state index in [1.54, 1.807) is 12.1 Å². The van der Waals surface area contributed by atoms with Crippen molar-refractivity contribution >= 4 is 5.91 Å². The number of carbonyl (C=O) groups is 1. The summed E-state index contributed by atoms with van der Waals surface area (Å²) in [5.74, 6) is 1.25. The summed E-state index contributed by atoms with van der Waals surface area (Å²) in [6.07, 6.45) is 0.619. The van der Waals surface area contributed by atoms with Gasteiger partial charge in [0.05, 0.1) is 20.3 Å². The predicted octanol–water partition coefficient (Wildman–Crippen LogP) is 3.17. The van der Waals surface area contributed by atoms with E-state index in [-0.39, 0.29) is 17.2 Å². The van der Waals surface area contributed by atoms with Gasteiger partial charge in [0, 0.05) is 6.54 Å². The third kappa shape index (κ3) is 4.81. The molecule has 1 amide bonds. The van der Waals surface area contributed by atoms with Crippen molar-refractivity contribution in [3.8, 4) is 23.0 Å². The number of phenolic OH excluding ortho intramolecular Hbond substituents is 1. The summed E-state index contributed by atoms with van der Waals surface area (Å²) in [7, 11) is 1.46. The van der Waals surface area contributed by atoms with Gasteiger partial charge >= 0.3 is 0 Å². The third-order valence-electron chi connectivity index (χ3n) is 3.76. The second kappa shape index (κ2) is 9.56. The highest BCUT2D eigenvalue weighted by Gasteiger charge is 2.16. The smallest absolute Gasteiger partial charge is 0.258 e. The molecule has 6 heteroatoms. The number of aromatic hydroxyl groups is 1. The van der Waals surface area contributed by atoms with E-state index in [1.807, 2.05) is 32.0 Å². The average molecular weight is 359 g/mol. The van der Waals surface area contributed by atoms with Gasteiger partial charge < -0.3 is 24.6 Å². The predicted molar refractivity (Wildman–Crippen MR) is 99.5 cm³/mol. The maximum Gasteiger partial charge on any atom is 0.258 e. The monoisotopic (exact) mass is 359 g/mol. The Labute approximate surface area is 153 Å². The van der Waals surface area contributed by atoms with E-state index >= 15 is 0 Å². The molecule has 2 N–H and O–H groups in total. The Morgan fingerprint density at radius 3 is 2.46 bits per heavy atom. The normalized spacial score (nSPS) is 10.3. The van der Waals surface area contributed by atoms with Crippen LogP contribution >= 0.6 is 0 Å². The SMILES string of the molecule is CCOc1ccc(CCNC(=O)c2c(O)cccc2OC)cc1OCC. The minimum absolute atomic E-state index is 0.110. The van der Waals surface area contributed by atoms with Crippen molar-refractivity contribution in [3.05, 3.63) is 47.5 Å². The largest absolute Gasteiger partial charge is 0.507 e. The van der Waals surface area contributed by atoms with Crippen molar-refractivity contribution in [2.45, 2.75) is 20.3 Å². The Hall–Kier alpha value is -2.89. The molecule has 0 heterocycles. The molecular formula is C20H25NO5. The number of nitrogens with one attached hydrogen (secondary N) is 1. The minimum atomic E-state index is -0.379. The van der Waals surface area contributed by atoms with Crippen molar-refractivity contribution in [3.63, 3.8) is 0 Å². The molecule has 0 bridgehead atoms. The summed E-state index contributed by atoms with van der Waals surface area (Å²) >= 11 is 0. The van der Waals surface area contributed by atoms with Gasteiger partial charge in [0.2, 0.25) is 0 Å². The first-order valence-corrected chi connectivity index (χ1v) is 8.63. The fraction of sp³-hybridized carbons (Fsp3) is 0.350. The molecule has 0 aliphatic carbocycles. The number of rotatable bonds is 9. The van der Waals surface area contributed by atoms with E-state index < -0.39 is 0 Å². The first-order chi connectivity index (χ1) is 12.6. The number of hydrogen-bond acceptors (Lipinski definition) is 5. The lowest BCUT2D eigenvalue weighted by atomic mass is 10.1. The molecule has 2 aromatic carbocycles. The topological polar surface area (TPSA) is 77.0 Å². The lowest BCUT2D eigenvalue weighted by Gasteiger charge is -2.13. The van der Waals surface area contributed by atoms with Gasteiger partial charge in [-0.05, 0) is 50.1 Å². The molecule has 0 spiro atoms. The van der Waals surface area contributed by atoms with E-state index in [2.05, 4.69) is 5.32 Å². The molecule has 0 aromatic heterocycles. The van der Waals surface area contributed by atoms with Gasteiger partial charge in [-0.3, -0.25) is 4.79 Å². The van der Waals surface area contributed by atoms with Gasteiger partial charge in [-0.15, -0.1) is 0 Å². The van der Waals surface area contributed by atoms with Crippen LogP contribution in [0, 0.1) is 0 Å². The van der Waals surface area contributed by atoms with Crippen LogP contribution in [-0.4, -0.2) is 37.9 Å². The number of carbonyl (C=O) groups excluding carboxylic acids is 1. The number of methoxy groups -OCH3 is 1. The lowest BCUT2D eigenvalue weighted by Crippen LogP contribution is -2.26. The summed E-state index contributed by atoms with van der Waals surface area (Å²) in [5, 5.41) is 12.7. The zero-order valence-electron chi connectivity index (χ0n) is 15.4. The van der Waals surface area contributed by atoms with Gasteiger partial charge in [0.25, 0.3) is 5.91 Å². The molecule has 26 heavy (non-hydrogen) atoms. The van der Waals surface area contributed by atoms with Crippen LogP contribution < -0.4 is 19.5 Å². The van der Waals surface area contributed by atoms with Gasteiger partial charge in [0.1, 0.15) is 17.1 Å². The van der Waals surface area contributed by atoms with Crippen molar-refractivity contribution in [2.75, 3.05) is 26.9 Å². The van der Waals surface area contributed by atoms with Crippen molar-refractivity contribution in [1.29, 1.82) is 0 Å². The van der Waals surface area contributed by atoms with Gasteiger partial charge in [-0.25, -0.2) is 0 Å². The molecule has 0 aliphatic heterocycles. The highest BCUT2D eigenvalue weighted by atomic mass is 16.5. The van der Waals surface area contributed by atoms with Crippen LogP contribution in [0.5, 0.6) is 23.0 Å². The molecule has 140 valence electrons. The van der Waals surface area contributed by atoms with Crippen LogP contribution in [0.2, 0.25) is 0 Å². The molecule has 0 fully saturated rings. The Balaban J connectivity index is 2.01. The summed E-state index contributed by atoms with van der Waals surface area (Å²) in [6.45, 7) is 5.37. The second-order valence-corrected chi connectivity index (χ2v) is 5.51. The fourth-order valence-corrected chi connectivity index (χ4v) is 2.58. The summed E-state index contributed by atoms with van der Waals surface area (Å²) in [6, 6.07) is 10.5. The second-order valence-electron chi connectivity index (χ2n) is 5.51. The zero-order chi connectivity index (χ0) is 18.9. The minimum Gasteiger partial charge on any atom is -0.507 e. The maximum atomic E-state index is 12.3. The lowest BCUT2D eigenvalue weighted by molar-refractivity contribution is 0.0948. The maximum absolute atomic E-state index is 12.3. The highest BCUT2D eigenvalue weighted by Crippen LogP contribution is 2.29. The van der Waals surface area contributed by atoms with Gasteiger partial charge in [-0.2, -0.15) is 0 Å². The first-order valence-electron chi connectivity index (χ1n) is 8.63. The summed E-state index contributed by atoms with van der Waals surface area (Å²) < 4.78 is 16.3. The van der Waals surface area contributed by atoms with Crippen LogP contribution in [0.1, 0.15) is 29.8 Å². The fourth-order valence-electron chi connectivity index (χ4n) is 2.58. The van der Waals surface area contributed by atoms with E-state index in [4.69, 9.17) is 14.2 Å². The third-order valence-corrected chi connectivity index (χ3v) is 3.76. The number of amides is 1. The Kier molecular flexibility index (Phi) is 7.14. The number of hydrogen-bond donors (Lipinski definition) is 2. The Morgan fingerprint density at radius 1 is 1.04 bits per heavy atom. The molecule has 0 saturated heterocycles. The molecule has 2 rings (SSSR count). The molecule has 0 saturated carbocycles. The van der Waals surface area contributed by atoms with E-state index in [0.717, 1.165) is 5.56 Å². The molecular weight excluding hydrogens is 334 g/mol. The molecule has 0 radical (unpaired) electrons. The quantitative estimate of drug-likeness (QED) is 0.719. The zero-order valence-corrected chi connectivity index (χ0v) is 15.4. The molecule has 0 atom stereocenters. The van der Waals surface area contributed by atoms with Crippen LogP contribution in [0.15, 0.2) is 36.4 Å². The number of benzene rings is 2. The van der Waals surface area contributed by atoms with E-state index in [0.29, 0.717) is 43.4 Å². The van der Waals surface area contributed by atoms with Crippen molar-refractivity contribution < 1.29 is 24.1 Å². The van der Waals surface area contributed by atoms with Crippen molar-refractivity contribution in [1.82, 2.24) is 5.32 Å². The molecule has 0 aliphatic rings. The highest BCUT2D eigenvalue weighted by molar-refractivity contribution is 5.99. The number of phenols is 1. The summed E-state index contributed by atoms with van der Waals surface area (Å²) in [4.78, 5) is 12.3. The summed E-state index contributed by atoms with van der Waals surface area (Å²) in [5.41, 5.74) is 1.15. The molecule has 2 aromatic rings. The Morgan fingerprint density at radius 2 is 1.77 bits per heavy atom. The van der Waals surface area contributed by atoms with Crippen LogP contribution in [-0.2, 0) is 6.42 Å². The van der Waals surface area contributed by atoms with Crippen molar-refractivity contribution in [2.24, 2.45) is 0 Å². The standard InChI is InChI=1S/C20H25NO5/c1-4-25-16-10-9-14(13-18(16)26-5-2)11-12-21-20(23)19-15(22)7-6-8-17(19)24-3/h6-10,13,22H,4-5,11-12H2,1-3H3,(H,21,23). The van der Waals surface area contributed by atoms with Crippen LogP contribution in [0.4, 0.5) is 0 Å². The molecule has 6 nitrogen and oxygen atoms in total. The molecule has 0 unspecified atom stereocenters. The van der Waals surface area contributed by atoms with E-state index in [9.17, 15) is 9.90 Å². The first kappa shape index (κ1) is 19.4. The van der Waals surface area contributed by atoms with Gasteiger partial charge in [-0.1, -0.05) is 12.1 Å². The van der Waals surface area contributed by atoms with Crippen LogP contribution in [0.3, 0.4) is 0 Å². The average Bonchev–Trinajstić information content (AvgIpc) is 2.63. The Bertz CT molecular complexity index is 745. The van der Waals surface area contributed by atoms with E-state index in [1.165, 1.54) is 13.2 Å². The van der Waals surface area contributed by atoms with Crippen LogP contribution in [0.25, 0.3) is 0 Å².